The molecule has 1 aliphatic heterocycles. The number of nitrogens with one attached hydrogen (secondary N) is 1. The molecular formula is C12H13ClN2O4. The number of rotatable bonds is 3. The molecule has 2 atom stereocenters. The van der Waals surface area contributed by atoms with Gasteiger partial charge in [-0.25, -0.2) is 4.79 Å². The number of anilines is 1. The molecule has 2 unspecified atom stereocenters. The van der Waals surface area contributed by atoms with Crippen LogP contribution in [0, 0.1) is 5.92 Å². The fraction of sp³-hybridized carbons (Fsp3) is 0.333. The van der Waals surface area contributed by atoms with Crippen LogP contribution in [0.15, 0.2) is 18.2 Å². The summed E-state index contributed by atoms with van der Waals surface area (Å²) >= 11 is 5.80. The van der Waals surface area contributed by atoms with Crippen molar-refractivity contribution < 1.29 is 19.4 Å². The van der Waals surface area contributed by atoms with E-state index in [-0.39, 0.29) is 29.8 Å². The Morgan fingerprint density at radius 1 is 1.42 bits per heavy atom. The lowest BCUT2D eigenvalue weighted by Gasteiger charge is -2.14. The van der Waals surface area contributed by atoms with Crippen LogP contribution >= 0.6 is 11.6 Å². The fourth-order valence-corrected chi connectivity index (χ4v) is 2.04. The van der Waals surface area contributed by atoms with Gasteiger partial charge in [0, 0.05) is 11.1 Å². The average Bonchev–Trinajstić information content (AvgIpc) is 2.75. The van der Waals surface area contributed by atoms with E-state index in [4.69, 9.17) is 27.2 Å². The number of ether oxygens (including phenoxy) is 1. The smallest absolute Gasteiger partial charge is 0.337 e. The number of amides is 1. The highest BCUT2D eigenvalue weighted by Gasteiger charge is 2.31. The van der Waals surface area contributed by atoms with Crippen molar-refractivity contribution in [1.82, 2.24) is 0 Å². The molecule has 1 aromatic carbocycles. The summed E-state index contributed by atoms with van der Waals surface area (Å²) in [6.07, 6.45) is 0. The van der Waals surface area contributed by atoms with Crippen molar-refractivity contribution in [2.75, 3.05) is 18.5 Å². The van der Waals surface area contributed by atoms with E-state index in [1.807, 2.05) is 0 Å². The summed E-state index contributed by atoms with van der Waals surface area (Å²) in [5.74, 6) is -1.99. The molecule has 102 valence electrons. The number of carbonyl (C=O) groups excluding carboxylic acids is 1. The Balaban J connectivity index is 2.20. The summed E-state index contributed by atoms with van der Waals surface area (Å²) in [5, 5.41) is 11.9. The second kappa shape index (κ2) is 5.56. The van der Waals surface area contributed by atoms with E-state index in [2.05, 4.69) is 5.32 Å². The quantitative estimate of drug-likeness (QED) is 0.767. The minimum atomic E-state index is -1.14. The lowest BCUT2D eigenvalue weighted by atomic mass is 10.0. The van der Waals surface area contributed by atoms with Crippen molar-refractivity contribution >= 4 is 29.2 Å². The highest BCUT2D eigenvalue weighted by atomic mass is 35.5. The summed E-state index contributed by atoms with van der Waals surface area (Å²) in [6, 6.07) is 3.80. The third-order valence-electron chi connectivity index (χ3n) is 2.93. The van der Waals surface area contributed by atoms with Crippen LogP contribution < -0.4 is 11.1 Å². The van der Waals surface area contributed by atoms with Gasteiger partial charge in [-0.15, -0.1) is 0 Å². The Morgan fingerprint density at radius 3 is 2.74 bits per heavy atom. The lowest BCUT2D eigenvalue weighted by molar-refractivity contribution is -0.120. The maximum absolute atomic E-state index is 12.0. The normalized spacial score (nSPS) is 22.2. The van der Waals surface area contributed by atoms with Crippen molar-refractivity contribution in [1.29, 1.82) is 0 Å². The predicted octanol–water partition coefficient (Wildman–Crippen LogP) is 0.950. The van der Waals surface area contributed by atoms with Gasteiger partial charge < -0.3 is 20.9 Å². The van der Waals surface area contributed by atoms with E-state index >= 15 is 0 Å². The maximum atomic E-state index is 12.0. The molecular weight excluding hydrogens is 272 g/mol. The maximum Gasteiger partial charge on any atom is 0.337 e. The van der Waals surface area contributed by atoms with Crippen LogP contribution in [-0.2, 0) is 9.53 Å². The van der Waals surface area contributed by atoms with Gasteiger partial charge in [-0.1, -0.05) is 11.6 Å². The van der Waals surface area contributed by atoms with Crippen LogP contribution in [-0.4, -0.2) is 36.2 Å². The van der Waals surface area contributed by atoms with Gasteiger partial charge in [0.1, 0.15) is 0 Å². The average molecular weight is 285 g/mol. The van der Waals surface area contributed by atoms with Crippen molar-refractivity contribution in [2.45, 2.75) is 6.04 Å². The minimum Gasteiger partial charge on any atom is -0.478 e. The molecule has 1 heterocycles. The van der Waals surface area contributed by atoms with Crippen LogP contribution in [0.4, 0.5) is 5.69 Å². The van der Waals surface area contributed by atoms with Crippen LogP contribution in [0.3, 0.4) is 0 Å². The number of nitrogens with two attached hydrogens (primary N) is 1. The molecule has 4 N–H and O–H groups in total. The molecule has 0 aromatic heterocycles. The zero-order valence-electron chi connectivity index (χ0n) is 9.93. The second-order valence-electron chi connectivity index (χ2n) is 4.29. The summed E-state index contributed by atoms with van der Waals surface area (Å²) < 4.78 is 5.10. The van der Waals surface area contributed by atoms with Gasteiger partial charge in [-0.3, -0.25) is 4.79 Å². The van der Waals surface area contributed by atoms with Crippen molar-refractivity contribution in [3.05, 3.63) is 28.8 Å². The number of hydrogen-bond acceptors (Lipinski definition) is 4. The fourth-order valence-electron chi connectivity index (χ4n) is 1.87. The standard InChI is InChI=1S/C12H13ClN2O4/c13-6-1-2-7(12(17)18)10(3-6)15-11(16)8-4-19-5-9(8)14/h1-3,8-9H,4-5,14H2,(H,15,16)(H,17,18). The zero-order valence-corrected chi connectivity index (χ0v) is 10.7. The molecule has 1 amide bonds. The zero-order chi connectivity index (χ0) is 14.0. The first-order chi connectivity index (χ1) is 8.99. The molecule has 6 nitrogen and oxygen atoms in total. The van der Waals surface area contributed by atoms with Crippen molar-refractivity contribution in [3.8, 4) is 0 Å². The van der Waals surface area contributed by atoms with Gasteiger partial charge in [0.2, 0.25) is 5.91 Å². The Hall–Kier alpha value is -1.63. The van der Waals surface area contributed by atoms with E-state index in [1.165, 1.54) is 18.2 Å². The molecule has 2 rings (SSSR count). The molecule has 0 radical (unpaired) electrons. The van der Waals surface area contributed by atoms with E-state index in [0.29, 0.717) is 11.6 Å². The van der Waals surface area contributed by atoms with Crippen LogP contribution in [0.2, 0.25) is 5.02 Å². The summed E-state index contributed by atoms with van der Waals surface area (Å²) in [5.41, 5.74) is 5.87. The highest BCUT2D eigenvalue weighted by Crippen LogP contribution is 2.23. The largest absolute Gasteiger partial charge is 0.478 e. The lowest BCUT2D eigenvalue weighted by Crippen LogP contribution is -2.37. The number of halogens is 1. The van der Waals surface area contributed by atoms with Crippen LogP contribution in [0.5, 0.6) is 0 Å². The molecule has 0 saturated carbocycles. The number of benzene rings is 1. The Kier molecular flexibility index (Phi) is 4.04. The minimum absolute atomic E-state index is 0.0229. The summed E-state index contributed by atoms with van der Waals surface area (Å²) in [4.78, 5) is 23.1. The van der Waals surface area contributed by atoms with Crippen LogP contribution in [0.25, 0.3) is 0 Å². The second-order valence-corrected chi connectivity index (χ2v) is 4.73. The molecule has 1 aromatic rings. The Labute approximate surface area is 114 Å². The van der Waals surface area contributed by atoms with Gasteiger partial charge in [-0.05, 0) is 18.2 Å². The molecule has 0 aliphatic carbocycles. The number of aromatic carboxylic acids is 1. The third-order valence-corrected chi connectivity index (χ3v) is 3.17. The molecule has 7 heteroatoms. The first-order valence-electron chi connectivity index (χ1n) is 5.66. The highest BCUT2D eigenvalue weighted by molar-refractivity contribution is 6.31. The number of carbonyl (C=O) groups is 2. The van der Waals surface area contributed by atoms with Crippen molar-refractivity contribution in [3.63, 3.8) is 0 Å². The third kappa shape index (κ3) is 3.04. The first-order valence-corrected chi connectivity index (χ1v) is 6.04. The van der Waals surface area contributed by atoms with Crippen molar-refractivity contribution in [2.24, 2.45) is 11.7 Å². The molecule has 0 bridgehead atoms. The number of hydrogen-bond donors (Lipinski definition) is 3. The predicted molar refractivity (Wildman–Crippen MR) is 69.3 cm³/mol. The van der Waals surface area contributed by atoms with Gasteiger partial charge >= 0.3 is 5.97 Å². The summed E-state index contributed by atoms with van der Waals surface area (Å²) in [6.45, 7) is 0.551. The monoisotopic (exact) mass is 284 g/mol. The number of carboxylic acids is 1. The van der Waals surface area contributed by atoms with Gasteiger partial charge in [0.25, 0.3) is 0 Å². The SMILES string of the molecule is NC1COCC1C(=O)Nc1cc(Cl)ccc1C(=O)O. The van der Waals surface area contributed by atoms with Gasteiger partial charge in [0.15, 0.2) is 0 Å². The summed E-state index contributed by atoms with van der Waals surface area (Å²) in [7, 11) is 0. The Morgan fingerprint density at radius 2 is 2.16 bits per heavy atom. The van der Waals surface area contributed by atoms with Crippen LogP contribution in [0.1, 0.15) is 10.4 Å². The molecule has 1 fully saturated rings. The number of carboxylic acid groups (broad SMARTS) is 1. The first kappa shape index (κ1) is 13.8. The molecule has 1 aliphatic rings. The topological polar surface area (TPSA) is 102 Å². The van der Waals surface area contributed by atoms with E-state index in [1.54, 1.807) is 0 Å². The van der Waals surface area contributed by atoms with Gasteiger partial charge in [0.05, 0.1) is 30.4 Å². The Bertz CT molecular complexity index is 520. The van der Waals surface area contributed by atoms with E-state index in [0.717, 1.165) is 0 Å². The van der Waals surface area contributed by atoms with E-state index in [9.17, 15) is 9.59 Å². The van der Waals surface area contributed by atoms with Gasteiger partial charge in [-0.2, -0.15) is 0 Å². The molecule has 1 saturated heterocycles. The molecule has 0 spiro atoms. The van der Waals surface area contributed by atoms with E-state index < -0.39 is 11.9 Å². The molecule has 19 heavy (non-hydrogen) atoms.